The largest absolute Gasteiger partial charge is 0.497 e. The van der Waals surface area contributed by atoms with E-state index in [2.05, 4.69) is 16.9 Å². The molecule has 0 aliphatic heterocycles. The van der Waals surface area contributed by atoms with Gasteiger partial charge in [0.25, 0.3) is 0 Å². The Bertz CT molecular complexity index is 609. The molecule has 1 N–H and O–H groups in total. The minimum absolute atomic E-state index is 0.229. The first-order valence-corrected chi connectivity index (χ1v) is 5.68. The van der Waals surface area contributed by atoms with E-state index >= 15 is 0 Å². The van der Waals surface area contributed by atoms with Gasteiger partial charge in [-0.1, -0.05) is 6.08 Å². The maximum Gasteiger partial charge on any atom is 0.232 e. The zero-order valence-corrected chi connectivity index (χ0v) is 10.5. The lowest BCUT2D eigenvalue weighted by Gasteiger charge is -2.00. The van der Waals surface area contributed by atoms with Gasteiger partial charge in [-0.2, -0.15) is 10.2 Å². The maximum absolute atomic E-state index is 9.00. The van der Waals surface area contributed by atoms with Crippen LogP contribution in [0.5, 0.6) is 5.75 Å². The number of nitriles is 1. The van der Waals surface area contributed by atoms with Gasteiger partial charge in [-0.15, -0.1) is 6.58 Å². The Kier molecular flexibility index (Phi) is 3.84. The van der Waals surface area contributed by atoms with Crippen molar-refractivity contribution < 1.29 is 9.15 Å². The highest BCUT2D eigenvalue weighted by Gasteiger charge is 2.13. The number of nitrogens with one attached hydrogen (secondary N) is 1. The predicted molar refractivity (Wildman–Crippen MR) is 71.9 cm³/mol. The fourth-order valence-corrected chi connectivity index (χ4v) is 1.54. The molecule has 0 radical (unpaired) electrons. The highest BCUT2D eigenvalue weighted by molar-refractivity contribution is 5.59. The van der Waals surface area contributed by atoms with Gasteiger partial charge in [0.05, 0.1) is 7.11 Å². The second kappa shape index (κ2) is 5.74. The molecule has 1 aromatic heterocycles. The summed E-state index contributed by atoms with van der Waals surface area (Å²) in [6.07, 6.45) is 1.68. The van der Waals surface area contributed by atoms with E-state index < -0.39 is 0 Å². The number of benzene rings is 1. The van der Waals surface area contributed by atoms with Crippen molar-refractivity contribution in [1.82, 2.24) is 4.98 Å². The number of hydrogen-bond donors (Lipinski definition) is 1. The standard InChI is InChI=1S/C14H13N3O2/c1-3-8-16-14-12(9-15)17-13(19-14)10-4-6-11(18-2)7-5-10/h3-7,16H,1,8H2,2H3. The third-order valence-electron chi connectivity index (χ3n) is 2.48. The highest BCUT2D eigenvalue weighted by atomic mass is 16.5. The van der Waals surface area contributed by atoms with E-state index in [0.29, 0.717) is 18.3 Å². The fourth-order valence-electron chi connectivity index (χ4n) is 1.54. The molecule has 0 unspecified atom stereocenters. The summed E-state index contributed by atoms with van der Waals surface area (Å²) in [5.74, 6) is 1.50. The smallest absolute Gasteiger partial charge is 0.232 e. The number of oxazole rings is 1. The molecule has 1 heterocycles. The minimum Gasteiger partial charge on any atom is -0.497 e. The summed E-state index contributed by atoms with van der Waals surface area (Å²) in [6, 6.07) is 9.25. The Labute approximate surface area is 111 Å². The first kappa shape index (κ1) is 12.7. The first-order valence-electron chi connectivity index (χ1n) is 5.68. The van der Waals surface area contributed by atoms with Gasteiger partial charge in [-0.3, -0.25) is 0 Å². The van der Waals surface area contributed by atoms with E-state index in [1.54, 1.807) is 13.2 Å². The third kappa shape index (κ3) is 2.75. The second-order valence-electron chi connectivity index (χ2n) is 3.71. The van der Waals surface area contributed by atoms with E-state index in [1.807, 2.05) is 30.3 Å². The molecule has 0 spiro atoms. The van der Waals surface area contributed by atoms with Gasteiger partial charge in [0.2, 0.25) is 17.5 Å². The highest BCUT2D eigenvalue weighted by Crippen LogP contribution is 2.26. The average Bonchev–Trinajstić information content (AvgIpc) is 2.88. The number of hydrogen-bond acceptors (Lipinski definition) is 5. The summed E-state index contributed by atoms with van der Waals surface area (Å²) in [6.45, 7) is 4.10. The summed E-state index contributed by atoms with van der Waals surface area (Å²) in [4.78, 5) is 4.14. The van der Waals surface area contributed by atoms with Gasteiger partial charge in [0.1, 0.15) is 11.8 Å². The van der Waals surface area contributed by atoms with E-state index in [0.717, 1.165) is 11.3 Å². The fraction of sp³-hybridized carbons (Fsp3) is 0.143. The molecule has 96 valence electrons. The molecule has 0 atom stereocenters. The first-order chi connectivity index (χ1) is 9.28. The number of nitrogens with zero attached hydrogens (tertiary/aromatic N) is 2. The molecule has 0 aliphatic rings. The summed E-state index contributed by atoms with van der Waals surface area (Å²) < 4.78 is 10.6. The molecule has 5 nitrogen and oxygen atoms in total. The van der Waals surface area contributed by atoms with Crippen LogP contribution >= 0.6 is 0 Å². The van der Waals surface area contributed by atoms with Crippen molar-refractivity contribution in [2.24, 2.45) is 0 Å². The van der Waals surface area contributed by atoms with Crippen LogP contribution in [0.1, 0.15) is 5.69 Å². The zero-order valence-electron chi connectivity index (χ0n) is 10.5. The van der Waals surface area contributed by atoms with Gasteiger partial charge in [-0.25, -0.2) is 0 Å². The Hall–Kier alpha value is -2.74. The number of methoxy groups -OCH3 is 1. The van der Waals surface area contributed by atoms with E-state index in [1.165, 1.54) is 0 Å². The topological polar surface area (TPSA) is 71.1 Å². The van der Waals surface area contributed by atoms with Crippen LogP contribution in [0.4, 0.5) is 5.88 Å². The maximum atomic E-state index is 9.00. The van der Waals surface area contributed by atoms with Crippen molar-refractivity contribution in [3.63, 3.8) is 0 Å². The summed E-state index contributed by atoms with van der Waals surface area (Å²) >= 11 is 0. The van der Waals surface area contributed by atoms with Gasteiger partial charge in [0, 0.05) is 12.1 Å². The van der Waals surface area contributed by atoms with Crippen LogP contribution in [-0.2, 0) is 0 Å². The number of anilines is 1. The average molecular weight is 255 g/mol. The summed E-state index contributed by atoms with van der Waals surface area (Å²) in [5, 5.41) is 11.9. The molecule has 5 heteroatoms. The lowest BCUT2D eigenvalue weighted by Crippen LogP contribution is -1.97. The summed E-state index contributed by atoms with van der Waals surface area (Å²) in [5.41, 5.74) is 1.01. The molecule has 0 saturated carbocycles. The normalized spacial score (nSPS) is 9.68. The zero-order chi connectivity index (χ0) is 13.7. The van der Waals surface area contributed by atoms with Crippen molar-refractivity contribution in [3.8, 4) is 23.3 Å². The SMILES string of the molecule is C=CCNc1oc(-c2ccc(OC)cc2)nc1C#N. The molecular weight excluding hydrogens is 242 g/mol. The van der Waals surface area contributed by atoms with Crippen LogP contribution < -0.4 is 10.1 Å². The Morgan fingerprint density at radius 1 is 1.47 bits per heavy atom. The Balaban J connectivity index is 2.31. The molecular formula is C14H13N3O2. The molecule has 0 aliphatic carbocycles. The molecule has 0 fully saturated rings. The number of rotatable bonds is 5. The molecule has 0 saturated heterocycles. The van der Waals surface area contributed by atoms with Crippen LogP contribution in [-0.4, -0.2) is 18.6 Å². The molecule has 1 aromatic carbocycles. The summed E-state index contributed by atoms with van der Waals surface area (Å²) in [7, 11) is 1.60. The quantitative estimate of drug-likeness (QED) is 0.832. The van der Waals surface area contributed by atoms with Gasteiger partial charge >= 0.3 is 0 Å². The van der Waals surface area contributed by atoms with E-state index in [9.17, 15) is 0 Å². The lowest BCUT2D eigenvalue weighted by atomic mass is 10.2. The van der Waals surface area contributed by atoms with E-state index in [4.69, 9.17) is 14.4 Å². The van der Waals surface area contributed by atoms with Crippen molar-refractivity contribution in [2.45, 2.75) is 0 Å². The van der Waals surface area contributed by atoms with Crippen molar-refractivity contribution in [1.29, 1.82) is 5.26 Å². The lowest BCUT2D eigenvalue weighted by molar-refractivity contribution is 0.415. The second-order valence-corrected chi connectivity index (χ2v) is 3.71. The molecule has 2 aromatic rings. The van der Waals surface area contributed by atoms with Crippen molar-refractivity contribution in [2.75, 3.05) is 19.0 Å². The number of ether oxygens (including phenoxy) is 1. The number of aromatic nitrogens is 1. The van der Waals surface area contributed by atoms with Crippen molar-refractivity contribution in [3.05, 3.63) is 42.6 Å². The Morgan fingerprint density at radius 3 is 2.79 bits per heavy atom. The molecule has 0 bridgehead atoms. The van der Waals surface area contributed by atoms with Crippen molar-refractivity contribution >= 4 is 5.88 Å². The third-order valence-corrected chi connectivity index (χ3v) is 2.48. The predicted octanol–water partition coefficient (Wildman–Crippen LogP) is 2.82. The Morgan fingerprint density at radius 2 is 2.21 bits per heavy atom. The van der Waals surface area contributed by atoms with Crippen LogP contribution in [0.2, 0.25) is 0 Å². The molecule has 0 amide bonds. The van der Waals surface area contributed by atoms with Gasteiger partial charge in [0.15, 0.2) is 0 Å². The van der Waals surface area contributed by atoms with Crippen LogP contribution in [0, 0.1) is 11.3 Å². The molecule has 2 rings (SSSR count). The van der Waals surface area contributed by atoms with Gasteiger partial charge in [-0.05, 0) is 24.3 Å². The monoisotopic (exact) mass is 255 g/mol. The minimum atomic E-state index is 0.229. The van der Waals surface area contributed by atoms with Crippen LogP contribution in [0.25, 0.3) is 11.5 Å². The van der Waals surface area contributed by atoms with Crippen LogP contribution in [0.15, 0.2) is 41.3 Å². The van der Waals surface area contributed by atoms with Gasteiger partial charge < -0.3 is 14.5 Å². The molecule has 19 heavy (non-hydrogen) atoms. The van der Waals surface area contributed by atoms with E-state index in [-0.39, 0.29) is 5.69 Å². The van der Waals surface area contributed by atoms with Crippen LogP contribution in [0.3, 0.4) is 0 Å².